The van der Waals surface area contributed by atoms with Crippen LogP contribution in [0, 0.1) is 0 Å². The van der Waals surface area contributed by atoms with Gasteiger partial charge in [0.15, 0.2) is 5.58 Å². The first-order valence-corrected chi connectivity index (χ1v) is 16.2. The van der Waals surface area contributed by atoms with Gasteiger partial charge >= 0.3 is 0 Å². The van der Waals surface area contributed by atoms with Gasteiger partial charge in [0, 0.05) is 33.4 Å². The fraction of sp³-hybridized carbons (Fsp3) is 0. The monoisotopic (exact) mass is 614 g/mol. The van der Waals surface area contributed by atoms with Gasteiger partial charge in [-0.1, -0.05) is 133 Å². The molecule has 9 aromatic rings. The highest BCUT2D eigenvalue weighted by Gasteiger charge is 2.19. The van der Waals surface area contributed by atoms with Crippen molar-refractivity contribution in [3.8, 4) is 33.7 Å². The first kappa shape index (κ1) is 27.8. The van der Waals surface area contributed by atoms with E-state index in [1.807, 2.05) is 30.3 Å². The molecule has 8 aromatic carbocycles. The van der Waals surface area contributed by atoms with E-state index in [9.17, 15) is 0 Å². The van der Waals surface area contributed by atoms with Crippen LogP contribution in [-0.2, 0) is 0 Å². The Morgan fingerprint density at radius 2 is 0.792 bits per heavy atom. The second-order valence-corrected chi connectivity index (χ2v) is 12.0. The lowest BCUT2D eigenvalue weighted by Gasteiger charge is -2.26. The highest BCUT2D eigenvalue weighted by molar-refractivity contribution is 6.23. The van der Waals surface area contributed by atoms with Crippen molar-refractivity contribution >= 4 is 49.7 Å². The Labute approximate surface area is 279 Å². The Bertz CT molecular complexity index is 2440. The molecule has 0 bridgehead atoms. The number of rotatable bonds is 6. The Kier molecular flexibility index (Phi) is 6.80. The van der Waals surface area contributed by atoms with Crippen LogP contribution in [0.4, 0.5) is 17.1 Å². The van der Waals surface area contributed by atoms with Gasteiger partial charge in [-0.2, -0.15) is 0 Å². The molecule has 0 fully saturated rings. The number of hydrogen-bond donors (Lipinski definition) is 0. The van der Waals surface area contributed by atoms with Gasteiger partial charge in [0.2, 0.25) is 5.89 Å². The molecule has 3 nitrogen and oxygen atoms in total. The third-order valence-corrected chi connectivity index (χ3v) is 9.09. The standard InChI is InChI=1S/C45H30N2O/c1-4-12-31(13-5-1)33-20-24-36(25-21-33)47(37-26-22-34(23-27-37)32-14-6-2-7-15-32)38-28-29-40-39-18-10-11-19-41(39)44-43(42(40)30-38)46-45(48-44)35-16-8-3-9-17-35/h1-30H. The van der Waals surface area contributed by atoms with Crippen LogP contribution >= 0.6 is 0 Å². The number of benzene rings is 8. The van der Waals surface area contributed by atoms with Crippen LogP contribution in [0.15, 0.2) is 186 Å². The fourth-order valence-electron chi connectivity index (χ4n) is 6.72. The molecule has 0 atom stereocenters. The van der Waals surface area contributed by atoms with Crippen LogP contribution in [0.1, 0.15) is 0 Å². The summed E-state index contributed by atoms with van der Waals surface area (Å²) in [5, 5.41) is 4.41. The van der Waals surface area contributed by atoms with Crippen LogP contribution < -0.4 is 4.90 Å². The van der Waals surface area contributed by atoms with E-state index in [0.717, 1.165) is 55.3 Å². The fourth-order valence-corrected chi connectivity index (χ4v) is 6.72. The van der Waals surface area contributed by atoms with Gasteiger partial charge in [-0.15, -0.1) is 0 Å². The smallest absolute Gasteiger partial charge is 0.227 e. The van der Waals surface area contributed by atoms with Crippen molar-refractivity contribution in [2.45, 2.75) is 0 Å². The molecule has 9 rings (SSSR count). The highest BCUT2D eigenvalue weighted by Crippen LogP contribution is 2.42. The SMILES string of the molecule is c1ccc(-c2ccc(N(c3ccc(-c4ccccc4)cc3)c3ccc4c5ccccc5c5oc(-c6ccccc6)nc5c4c3)cc2)cc1. The minimum absolute atomic E-state index is 0.624. The molecule has 0 N–H and O–H groups in total. The Balaban J connectivity index is 1.24. The van der Waals surface area contributed by atoms with Crippen molar-refractivity contribution < 1.29 is 4.42 Å². The number of hydrogen-bond acceptors (Lipinski definition) is 3. The maximum atomic E-state index is 6.53. The van der Waals surface area contributed by atoms with Crippen molar-refractivity contribution in [2.75, 3.05) is 4.90 Å². The van der Waals surface area contributed by atoms with Gasteiger partial charge < -0.3 is 9.32 Å². The second kappa shape index (κ2) is 11.7. The lowest BCUT2D eigenvalue weighted by Crippen LogP contribution is -2.10. The summed E-state index contributed by atoms with van der Waals surface area (Å²) in [4.78, 5) is 7.43. The summed E-state index contributed by atoms with van der Waals surface area (Å²) < 4.78 is 6.53. The largest absolute Gasteiger partial charge is 0.435 e. The third kappa shape index (κ3) is 4.90. The van der Waals surface area contributed by atoms with Gasteiger partial charge in [0.25, 0.3) is 0 Å². The van der Waals surface area contributed by atoms with E-state index in [0.29, 0.717) is 5.89 Å². The summed E-state index contributed by atoms with van der Waals surface area (Å²) in [5.74, 6) is 0.624. The summed E-state index contributed by atoms with van der Waals surface area (Å²) in [6.07, 6.45) is 0. The van der Waals surface area contributed by atoms with E-state index >= 15 is 0 Å². The molecule has 0 saturated carbocycles. The van der Waals surface area contributed by atoms with E-state index < -0.39 is 0 Å². The van der Waals surface area contributed by atoms with Gasteiger partial charge in [0.05, 0.1) is 0 Å². The number of fused-ring (bicyclic) bond motifs is 6. The molecule has 0 radical (unpaired) electrons. The third-order valence-electron chi connectivity index (χ3n) is 9.09. The molecule has 0 amide bonds. The molecule has 0 aliphatic rings. The molecule has 3 heteroatoms. The molecule has 1 heterocycles. The first-order chi connectivity index (χ1) is 23.8. The zero-order chi connectivity index (χ0) is 31.9. The first-order valence-electron chi connectivity index (χ1n) is 16.2. The van der Waals surface area contributed by atoms with E-state index in [4.69, 9.17) is 9.40 Å². The van der Waals surface area contributed by atoms with Crippen LogP contribution in [0.3, 0.4) is 0 Å². The van der Waals surface area contributed by atoms with Gasteiger partial charge in [-0.3, -0.25) is 0 Å². The summed E-state index contributed by atoms with van der Waals surface area (Å²) in [6.45, 7) is 0. The zero-order valence-corrected chi connectivity index (χ0v) is 26.1. The number of nitrogens with zero attached hydrogens (tertiary/aromatic N) is 2. The Hall–Kier alpha value is -6.45. The minimum Gasteiger partial charge on any atom is -0.435 e. The van der Waals surface area contributed by atoms with Crippen LogP contribution in [-0.4, -0.2) is 4.98 Å². The maximum Gasteiger partial charge on any atom is 0.227 e. The molecule has 1 aromatic heterocycles. The molecule has 0 aliphatic heterocycles. The summed E-state index contributed by atoms with van der Waals surface area (Å²) in [7, 11) is 0. The lowest BCUT2D eigenvalue weighted by molar-refractivity contribution is 0.623. The van der Waals surface area contributed by atoms with Crippen molar-refractivity contribution in [1.29, 1.82) is 0 Å². The summed E-state index contributed by atoms with van der Waals surface area (Å²) in [6, 6.07) is 63.9. The van der Waals surface area contributed by atoms with Crippen molar-refractivity contribution in [3.05, 3.63) is 182 Å². The summed E-state index contributed by atoms with van der Waals surface area (Å²) >= 11 is 0. The van der Waals surface area contributed by atoms with Crippen molar-refractivity contribution in [3.63, 3.8) is 0 Å². The van der Waals surface area contributed by atoms with Gasteiger partial charge in [0.1, 0.15) is 5.52 Å². The molecule has 0 spiro atoms. The molecule has 0 aliphatic carbocycles. The van der Waals surface area contributed by atoms with E-state index in [-0.39, 0.29) is 0 Å². The normalized spacial score (nSPS) is 11.3. The Morgan fingerprint density at radius 1 is 0.354 bits per heavy atom. The predicted octanol–water partition coefficient (Wildman–Crippen LogP) is 12.6. The quantitative estimate of drug-likeness (QED) is 0.175. The van der Waals surface area contributed by atoms with E-state index in [2.05, 4.69) is 157 Å². The predicted molar refractivity (Wildman–Crippen MR) is 200 cm³/mol. The number of oxazole rings is 1. The highest BCUT2D eigenvalue weighted by atomic mass is 16.3. The molecule has 48 heavy (non-hydrogen) atoms. The topological polar surface area (TPSA) is 29.3 Å². The van der Waals surface area contributed by atoms with Gasteiger partial charge in [-0.05, 0) is 81.6 Å². The summed E-state index contributed by atoms with van der Waals surface area (Å²) in [5.41, 5.74) is 10.6. The molecule has 226 valence electrons. The Morgan fingerprint density at radius 3 is 1.35 bits per heavy atom. The van der Waals surface area contributed by atoms with Crippen molar-refractivity contribution in [1.82, 2.24) is 4.98 Å². The minimum atomic E-state index is 0.624. The zero-order valence-electron chi connectivity index (χ0n) is 26.1. The lowest BCUT2D eigenvalue weighted by atomic mass is 9.99. The van der Waals surface area contributed by atoms with Crippen LogP contribution in [0.5, 0.6) is 0 Å². The van der Waals surface area contributed by atoms with Gasteiger partial charge in [-0.25, -0.2) is 4.98 Å². The van der Waals surface area contributed by atoms with Crippen LogP contribution in [0.2, 0.25) is 0 Å². The maximum absolute atomic E-state index is 6.53. The average Bonchev–Trinajstić information content (AvgIpc) is 3.63. The number of anilines is 3. The number of aromatic nitrogens is 1. The molecule has 0 saturated heterocycles. The van der Waals surface area contributed by atoms with E-state index in [1.54, 1.807) is 0 Å². The average molecular weight is 615 g/mol. The molecule has 0 unspecified atom stereocenters. The van der Waals surface area contributed by atoms with E-state index in [1.165, 1.54) is 22.3 Å². The van der Waals surface area contributed by atoms with Crippen molar-refractivity contribution in [2.24, 2.45) is 0 Å². The molecular formula is C45H30N2O. The second-order valence-electron chi connectivity index (χ2n) is 12.0. The molecular weight excluding hydrogens is 585 g/mol. The van der Waals surface area contributed by atoms with Crippen LogP contribution in [0.25, 0.3) is 66.4 Å².